The van der Waals surface area contributed by atoms with Crippen molar-refractivity contribution in [3.63, 3.8) is 0 Å². The predicted molar refractivity (Wildman–Crippen MR) is 41.9 cm³/mol. The van der Waals surface area contributed by atoms with Crippen LogP contribution in [-0.2, 0) is 4.79 Å². The molecule has 2 atom stereocenters. The van der Waals surface area contributed by atoms with Gasteiger partial charge >= 0.3 is 0 Å². The summed E-state index contributed by atoms with van der Waals surface area (Å²) < 4.78 is 0. The summed E-state index contributed by atoms with van der Waals surface area (Å²) in [6.45, 7) is 1.93. The second kappa shape index (κ2) is 4.14. The predicted octanol–water partition coefficient (Wildman–Crippen LogP) is 1.14. The van der Waals surface area contributed by atoms with Gasteiger partial charge in [-0.25, -0.2) is 4.79 Å². The SMILES string of the molecule is CC(CS)C(P)=C=O. The van der Waals surface area contributed by atoms with E-state index < -0.39 is 0 Å². The van der Waals surface area contributed by atoms with Gasteiger partial charge in [-0.05, 0) is 5.75 Å². The fourth-order valence-corrected chi connectivity index (χ4v) is 0.712. The van der Waals surface area contributed by atoms with Gasteiger partial charge in [-0.2, -0.15) is 12.6 Å². The van der Waals surface area contributed by atoms with Gasteiger partial charge in [-0.3, -0.25) is 0 Å². The molecule has 8 heavy (non-hydrogen) atoms. The van der Waals surface area contributed by atoms with Gasteiger partial charge in [0.05, 0.1) is 0 Å². The fourth-order valence-electron chi connectivity index (χ4n) is 0.199. The van der Waals surface area contributed by atoms with Crippen LogP contribution >= 0.6 is 21.9 Å². The van der Waals surface area contributed by atoms with E-state index in [1.54, 1.807) is 5.94 Å². The van der Waals surface area contributed by atoms with Crippen molar-refractivity contribution >= 4 is 27.8 Å². The van der Waals surface area contributed by atoms with E-state index in [4.69, 9.17) is 0 Å². The summed E-state index contributed by atoms with van der Waals surface area (Å²) in [5.41, 5.74) is 0. The van der Waals surface area contributed by atoms with E-state index >= 15 is 0 Å². The highest BCUT2D eigenvalue weighted by Gasteiger charge is 2.00. The molecule has 0 N–H and O–H groups in total. The topological polar surface area (TPSA) is 17.1 Å². The van der Waals surface area contributed by atoms with Gasteiger partial charge in [0, 0.05) is 11.2 Å². The Morgan fingerprint density at radius 1 is 2.00 bits per heavy atom. The van der Waals surface area contributed by atoms with Gasteiger partial charge < -0.3 is 0 Å². The molecule has 0 aliphatic rings. The highest BCUT2D eigenvalue weighted by atomic mass is 32.1. The molecule has 0 bridgehead atoms. The molecule has 0 heterocycles. The first-order chi connectivity index (χ1) is 3.72. The Balaban J connectivity index is 3.82. The van der Waals surface area contributed by atoms with Crippen molar-refractivity contribution in [2.45, 2.75) is 6.92 Å². The normalized spacial score (nSPS) is 12.4. The van der Waals surface area contributed by atoms with Crippen LogP contribution < -0.4 is 0 Å². The minimum atomic E-state index is 0.237. The molecule has 0 radical (unpaired) electrons. The average molecular weight is 148 g/mol. The van der Waals surface area contributed by atoms with Crippen LogP contribution in [0.5, 0.6) is 0 Å². The van der Waals surface area contributed by atoms with Crippen molar-refractivity contribution in [3.05, 3.63) is 5.31 Å². The van der Waals surface area contributed by atoms with E-state index in [-0.39, 0.29) is 5.92 Å². The lowest BCUT2D eigenvalue weighted by Gasteiger charge is -2.00. The first-order valence-electron chi connectivity index (χ1n) is 2.33. The second-order valence-electron chi connectivity index (χ2n) is 1.64. The highest BCUT2D eigenvalue weighted by Crippen LogP contribution is 2.14. The van der Waals surface area contributed by atoms with E-state index in [1.807, 2.05) is 6.92 Å². The molecule has 0 aliphatic carbocycles. The standard InChI is InChI=1S/C5H9OPS/c1-4(3-8)5(7)2-6/h4,8H,3,7H2,1H3. The zero-order valence-electron chi connectivity index (χ0n) is 4.72. The smallest absolute Gasteiger partial charge is 0.128 e. The van der Waals surface area contributed by atoms with Gasteiger partial charge in [-0.15, -0.1) is 0 Å². The van der Waals surface area contributed by atoms with Crippen molar-refractivity contribution in [1.82, 2.24) is 0 Å². The lowest BCUT2D eigenvalue weighted by atomic mass is 10.2. The summed E-state index contributed by atoms with van der Waals surface area (Å²) >= 11 is 4.00. The lowest BCUT2D eigenvalue weighted by molar-refractivity contribution is 0.566. The molecule has 0 aromatic rings. The van der Waals surface area contributed by atoms with Crippen LogP contribution in [-0.4, -0.2) is 11.7 Å². The summed E-state index contributed by atoms with van der Waals surface area (Å²) in [6, 6.07) is 0. The van der Waals surface area contributed by atoms with Gasteiger partial charge in [0.2, 0.25) is 0 Å². The van der Waals surface area contributed by atoms with E-state index in [0.29, 0.717) is 11.1 Å². The van der Waals surface area contributed by atoms with Gasteiger partial charge in [-0.1, -0.05) is 16.2 Å². The summed E-state index contributed by atoms with van der Waals surface area (Å²) in [6.07, 6.45) is 0. The molecule has 0 aromatic heterocycles. The van der Waals surface area contributed by atoms with Crippen molar-refractivity contribution in [2.75, 3.05) is 5.75 Å². The van der Waals surface area contributed by atoms with E-state index in [1.165, 1.54) is 0 Å². The highest BCUT2D eigenvalue weighted by molar-refractivity contribution is 7.80. The van der Waals surface area contributed by atoms with Crippen LogP contribution in [0.15, 0.2) is 5.31 Å². The summed E-state index contributed by atoms with van der Waals surface area (Å²) in [5.74, 6) is 2.74. The van der Waals surface area contributed by atoms with Crippen molar-refractivity contribution < 1.29 is 4.79 Å². The number of hydrogen-bond acceptors (Lipinski definition) is 2. The zero-order chi connectivity index (χ0) is 6.57. The Hall–Kier alpha value is 0.230. The molecule has 0 amide bonds. The third-order valence-corrected chi connectivity index (χ3v) is 2.16. The Morgan fingerprint density at radius 2 is 2.50 bits per heavy atom. The van der Waals surface area contributed by atoms with Crippen LogP contribution in [0.3, 0.4) is 0 Å². The first kappa shape index (κ1) is 8.23. The minimum Gasteiger partial charge on any atom is -0.233 e. The molecule has 0 fully saturated rings. The van der Waals surface area contributed by atoms with Crippen LogP contribution in [0, 0.1) is 5.92 Å². The molecule has 2 unspecified atom stereocenters. The lowest BCUT2D eigenvalue weighted by Crippen LogP contribution is -1.94. The summed E-state index contributed by atoms with van der Waals surface area (Å²) in [4.78, 5) is 9.89. The third-order valence-electron chi connectivity index (χ3n) is 0.923. The minimum absolute atomic E-state index is 0.237. The molecular weight excluding hydrogens is 139 g/mol. The second-order valence-corrected chi connectivity index (χ2v) is 2.63. The maximum absolute atomic E-state index is 9.89. The Morgan fingerprint density at radius 3 is 2.62 bits per heavy atom. The Kier molecular flexibility index (Phi) is 4.26. The number of allylic oxidation sites excluding steroid dienone is 1. The number of hydrogen-bond donors (Lipinski definition) is 1. The summed E-state index contributed by atoms with van der Waals surface area (Å²) in [7, 11) is 2.34. The first-order valence-corrected chi connectivity index (χ1v) is 3.54. The molecule has 3 heteroatoms. The van der Waals surface area contributed by atoms with Crippen LogP contribution in [0.25, 0.3) is 0 Å². The van der Waals surface area contributed by atoms with Crippen molar-refractivity contribution in [2.24, 2.45) is 5.92 Å². The van der Waals surface area contributed by atoms with Crippen molar-refractivity contribution in [1.29, 1.82) is 0 Å². The number of thiol groups is 1. The molecular formula is C5H9OPS. The van der Waals surface area contributed by atoms with Crippen LogP contribution in [0.2, 0.25) is 0 Å². The zero-order valence-corrected chi connectivity index (χ0v) is 6.77. The van der Waals surface area contributed by atoms with Crippen LogP contribution in [0.4, 0.5) is 0 Å². The molecule has 46 valence electrons. The molecule has 0 spiro atoms. The quantitative estimate of drug-likeness (QED) is 0.353. The van der Waals surface area contributed by atoms with Crippen LogP contribution in [0.1, 0.15) is 6.92 Å². The maximum Gasteiger partial charge on any atom is 0.128 e. The van der Waals surface area contributed by atoms with E-state index in [2.05, 4.69) is 21.9 Å². The fraction of sp³-hybridized carbons (Fsp3) is 0.600. The Labute approximate surface area is 57.2 Å². The molecule has 0 aromatic carbocycles. The molecule has 0 aliphatic heterocycles. The molecule has 0 saturated heterocycles. The third kappa shape index (κ3) is 2.52. The van der Waals surface area contributed by atoms with Gasteiger partial charge in [0.15, 0.2) is 0 Å². The number of carbonyl (C=O) groups excluding carboxylic acids is 1. The largest absolute Gasteiger partial charge is 0.233 e. The van der Waals surface area contributed by atoms with Gasteiger partial charge in [0.1, 0.15) is 5.94 Å². The van der Waals surface area contributed by atoms with E-state index in [9.17, 15) is 4.79 Å². The molecule has 1 nitrogen and oxygen atoms in total. The molecule has 0 saturated carbocycles. The number of rotatable bonds is 2. The van der Waals surface area contributed by atoms with E-state index in [0.717, 1.165) is 0 Å². The Bertz CT molecular complexity index is 118. The summed E-state index contributed by atoms with van der Waals surface area (Å²) in [5, 5.41) is 0.667. The van der Waals surface area contributed by atoms with Crippen molar-refractivity contribution in [3.8, 4) is 0 Å². The maximum atomic E-state index is 9.89. The van der Waals surface area contributed by atoms with Gasteiger partial charge in [0.25, 0.3) is 0 Å². The average Bonchev–Trinajstić information content (AvgIpc) is 1.84. The molecule has 0 rings (SSSR count). The monoisotopic (exact) mass is 148 g/mol.